The van der Waals surface area contributed by atoms with E-state index in [2.05, 4.69) is 21.2 Å². The smallest absolute Gasteiger partial charge is 0.549 e. The van der Waals surface area contributed by atoms with Crippen molar-refractivity contribution in [2.45, 2.75) is 23.7 Å². The van der Waals surface area contributed by atoms with Gasteiger partial charge in [0.15, 0.2) is 0 Å². The summed E-state index contributed by atoms with van der Waals surface area (Å²) >= 11 is 15.7. The average Bonchev–Trinajstić information content (AvgIpc) is 2.81. The molecule has 1 heterocycles. The van der Waals surface area contributed by atoms with Gasteiger partial charge in [-0.25, -0.2) is 0 Å². The largest absolute Gasteiger partial charge is 1.00 e. The Morgan fingerprint density at radius 1 is 1.11 bits per heavy atom. The van der Waals surface area contributed by atoms with Gasteiger partial charge in [-0.1, -0.05) is 51.3 Å². The van der Waals surface area contributed by atoms with Gasteiger partial charge in [0, 0.05) is 40.5 Å². The van der Waals surface area contributed by atoms with Crippen LogP contribution in [0.5, 0.6) is 17.2 Å². The van der Waals surface area contributed by atoms with Crippen molar-refractivity contribution >= 4 is 51.0 Å². The first-order chi connectivity index (χ1) is 16.3. The Morgan fingerprint density at radius 2 is 1.80 bits per heavy atom. The van der Waals surface area contributed by atoms with Gasteiger partial charge in [0.2, 0.25) is 0 Å². The molecule has 0 aliphatic carbocycles. The quantitative estimate of drug-likeness (QED) is 0.260. The molecular formula is C25H19BrCl2NNaO5. The number of hydrogen-bond donors (Lipinski definition) is 1. The number of nitrogens with one attached hydrogen (secondary N) is 1. The first-order valence-corrected chi connectivity index (χ1v) is 12.1. The third-order valence-corrected chi connectivity index (χ3v) is 6.45. The molecule has 0 aromatic heterocycles. The minimum atomic E-state index is -1.16. The van der Waals surface area contributed by atoms with Crippen LogP contribution in [0, 0.1) is 0 Å². The van der Waals surface area contributed by atoms with Crippen molar-refractivity contribution in [2.24, 2.45) is 0 Å². The normalized spacial score (nSPS) is 15.1. The standard InChI is InChI=1S/C25H20BrCl2NO5.Na/c26-23(11-14-1-5-16(27)6-2-14)29-24(30)15-3-7-17(8-4-15)34-22-13-21-19(12-20(22)28)18(25(31)32)9-10-33-21;/h1-8,12-13,18,23H,9-11H2,(H,29,30)(H,31,32);/q;+1/p-1. The molecule has 3 aromatic carbocycles. The summed E-state index contributed by atoms with van der Waals surface area (Å²) in [6.07, 6.45) is 0.923. The molecule has 10 heteroatoms. The molecule has 0 fully saturated rings. The van der Waals surface area contributed by atoms with Crippen molar-refractivity contribution in [3.8, 4) is 17.2 Å². The van der Waals surface area contributed by atoms with Gasteiger partial charge in [0.05, 0.1) is 16.6 Å². The SMILES string of the molecule is O=C(NC(Br)Cc1ccc(Cl)cc1)c1ccc(Oc2cc3c(cc2Cl)C(C(=O)[O-])CCO3)cc1.[Na+]. The molecule has 0 bridgehead atoms. The molecular weight excluding hydrogens is 568 g/mol. The van der Waals surface area contributed by atoms with Crippen molar-refractivity contribution in [1.82, 2.24) is 5.32 Å². The van der Waals surface area contributed by atoms with Gasteiger partial charge in [-0.2, -0.15) is 0 Å². The molecule has 1 aliphatic rings. The summed E-state index contributed by atoms with van der Waals surface area (Å²) in [6, 6.07) is 17.1. The fourth-order valence-electron chi connectivity index (χ4n) is 3.62. The van der Waals surface area contributed by atoms with Crippen LogP contribution in [0.2, 0.25) is 10.0 Å². The zero-order valence-corrected chi connectivity index (χ0v) is 23.8. The van der Waals surface area contributed by atoms with Crippen LogP contribution in [0.3, 0.4) is 0 Å². The van der Waals surface area contributed by atoms with E-state index in [9.17, 15) is 14.7 Å². The van der Waals surface area contributed by atoms with Crippen LogP contribution in [0.15, 0.2) is 60.7 Å². The summed E-state index contributed by atoms with van der Waals surface area (Å²) in [4.78, 5) is 23.7. The molecule has 3 aromatic rings. The van der Waals surface area contributed by atoms with Crippen LogP contribution in [-0.4, -0.2) is 23.4 Å². The molecule has 1 aliphatic heterocycles. The number of carbonyl (C=O) groups is 2. The first-order valence-electron chi connectivity index (χ1n) is 10.4. The number of hydrogen-bond acceptors (Lipinski definition) is 5. The van der Waals surface area contributed by atoms with E-state index < -0.39 is 11.9 Å². The van der Waals surface area contributed by atoms with Crippen molar-refractivity contribution in [3.63, 3.8) is 0 Å². The van der Waals surface area contributed by atoms with E-state index in [0.29, 0.717) is 46.2 Å². The summed E-state index contributed by atoms with van der Waals surface area (Å²) in [5.41, 5.74) is 1.97. The molecule has 0 saturated carbocycles. The number of aliphatic carboxylic acids is 1. The number of halogens is 3. The second kappa shape index (κ2) is 12.5. The van der Waals surface area contributed by atoms with E-state index in [0.717, 1.165) is 5.56 Å². The molecule has 0 radical (unpaired) electrons. The molecule has 176 valence electrons. The fourth-order valence-corrected chi connectivity index (χ4v) is 4.54. The molecule has 1 amide bonds. The van der Waals surface area contributed by atoms with Crippen LogP contribution in [-0.2, 0) is 11.2 Å². The van der Waals surface area contributed by atoms with Gasteiger partial charge in [-0.15, -0.1) is 0 Å². The number of carbonyl (C=O) groups excluding carboxylic acids is 2. The molecule has 6 nitrogen and oxygen atoms in total. The number of rotatable bonds is 7. The number of benzene rings is 3. The van der Waals surface area contributed by atoms with Gasteiger partial charge < -0.3 is 24.7 Å². The predicted molar refractivity (Wildman–Crippen MR) is 131 cm³/mol. The minimum absolute atomic E-state index is 0. The fraction of sp³-hybridized carbons (Fsp3) is 0.200. The maximum absolute atomic E-state index is 12.6. The Bertz CT molecular complexity index is 1210. The maximum atomic E-state index is 12.6. The topological polar surface area (TPSA) is 87.7 Å². The van der Waals surface area contributed by atoms with Gasteiger partial charge in [-0.05, 0) is 54.4 Å². The third kappa shape index (κ3) is 7.15. The van der Waals surface area contributed by atoms with E-state index >= 15 is 0 Å². The summed E-state index contributed by atoms with van der Waals surface area (Å²) in [5, 5.41) is 15.2. The van der Waals surface area contributed by atoms with Crippen LogP contribution < -0.4 is 49.5 Å². The van der Waals surface area contributed by atoms with Crippen molar-refractivity contribution in [3.05, 3.63) is 87.4 Å². The van der Waals surface area contributed by atoms with Gasteiger partial charge in [0.1, 0.15) is 17.2 Å². The number of ether oxygens (including phenoxy) is 2. The average molecular weight is 587 g/mol. The van der Waals surface area contributed by atoms with E-state index in [1.54, 1.807) is 42.5 Å². The minimum Gasteiger partial charge on any atom is -0.549 e. The van der Waals surface area contributed by atoms with E-state index in [1.165, 1.54) is 6.07 Å². The summed E-state index contributed by atoms with van der Waals surface area (Å²) in [7, 11) is 0. The second-order valence-electron chi connectivity index (χ2n) is 7.73. The number of carboxylic acids is 1. The Balaban J connectivity index is 0.00000342. The van der Waals surface area contributed by atoms with Crippen LogP contribution in [0.25, 0.3) is 0 Å². The Morgan fingerprint density at radius 3 is 2.46 bits per heavy atom. The van der Waals surface area contributed by atoms with E-state index in [1.807, 2.05) is 12.1 Å². The van der Waals surface area contributed by atoms with E-state index in [-0.39, 0.29) is 52.0 Å². The number of fused-ring (bicyclic) bond motifs is 1. The van der Waals surface area contributed by atoms with E-state index in [4.69, 9.17) is 32.7 Å². The molecule has 0 saturated heterocycles. The van der Waals surface area contributed by atoms with Gasteiger partial charge >= 0.3 is 29.6 Å². The zero-order chi connectivity index (χ0) is 24.2. The molecule has 35 heavy (non-hydrogen) atoms. The molecule has 4 rings (SSSR count). The van der Waals surface area contributed by atoms with Crippen molar-refractivity contribution in [1.29, 1.82) is 0 Å². The third-order valence-electron chi connectivity index (χ3n) is 5.35. The summed E-state index contributed by atoms with van der Waals surface area (Å²) in [6.45, 7) is 0.267. The van der Waals surface area contributed by atoms with Gasteiger partial charge in [-0.3, -0.25) is 4.79 Å². The van der Waals surface area contributed by atoms with Crippen LogP contribution >= 0.6 is 39.1 Å². The van der Waals surface area contributed by atoms with Crippen LogP contribution in [0.4, 0.5) is 0 Å². The Hall–Kier alpha value is -1.74. The molecule has 2 unspecified atom stereocenters. The molecule has 1 N–H and O–H groups in total. The summed E-state index contributed by atoms with van der Waals surface area (Å²) < 4.78 is 11.4. The van der Waals surface area contributed by atoms with Crippen molar-refractivity contribution < 1.29 is 53.7 Å². The Labute approximate surface area is 243 Å². The summed E-state index contributed by atoms with van der Waals surface area (Å²) in [5.74, 6) is -0.994. The van der Waals surface area contributed by atoms with Crippen LogP contribution in [0.1, 0.15) is 33.8 Å². The number of alkyl halides is 1. The number of carboxylic acid groups (broad SMARTS) is 1. The molecule has 2 atom stereocenters. The Kier molecular flexibility index (Phi) is 9.93. The molecule has 0 spiro atoms. The second-order valence-corrected chi connectivity index (χ2v) is 9.68. The van der Waals surface area contributed by atoms with Crippen molar-refractivity contribution in [2.75, 3.05) is 6.61 Å². The number of amides is 1. The maximum Gasteiger partial charge on any atom is 1.00 e. The van der Waals surface area contributed by atoms with Gasteiger partial charge in [0.25, 0.3) is 5.91 Å². The predicted octanol–water partition coefficient (Wildman–Crippen LogP) is 2.10. The first kappa shape index (κ1) is 27.8. The zero-order valence-electron chi connectivity index (χ0n) is 18.7. The monoisotopic (exact) mass is 585 g/mol.